The van der Waals surface area contributed by atoms with Gasteiger partial charge in [-0.05, 0) is 36.6 Å². The van der Waals surface area contributed by atoms with Gasteiger partial charge in [0, 0.05) is 5.39 Å². The predicted octanol–water partition coefficient (Wildman–Crippen LogP) is 3.82. The molecule has 1 aliphatic rings. The van der Waals surface area contributed by atoms with Crippen LogP contribution in [-0.4, -0.2) is 24.4 Å². The lowest BCUT2D eigenvalue weighted by molar-refractivity contribution is 0.0526. The zero-order chi connectivity index (χ0) is 18.3. The highest BCUT2D eigenvalue weighted by molar-refractivity contribution is 6.36. The summed E-state index contributed by atoms with van der Waals surface area (Å²) < 4.78 is 4.97. The zero-order valence-corrected chi connectivity index (χ0v) is 14.1. The Labute approximate surface area is 149 Å². The number of imide groups is 1. The number of amides is 2. The summed E-state index contributed by atoms with van der Waals surface area (Å²) in [6, 6.07) is 17.5. The SMILES string of the molecule is CCOC(=O)c1ccc2c(c1)C(=O)N(c1cccc3ccccc13)C2=O. The molecule has 2 amide bonds. The second kappa shape index (κ2) is 6.11. The molecule has 0 atom stereocenters. The molecule has 0 bridgehead atoms. The van der Waals surface area contributed by atoms with E-state index in [1.54, 1.807) is 13.0 Å². The van der Waals surface area contributed by atoms with Gasteiger partial charge in [0.25, 0.3) is 11.8 Å². The molecule has 0 N–H and O–H groups in total. The Kier molecular flexibility index (Phi) is 3.77. The number of ether oxygens (including phenoxy) is 1. The van der Waals surface area contributed by atoms with Crippen molar-refractivity contribution in [1.29, 1.82) is 0 Å². The van der Waals surface area contributed by atoms with Gasteiger partial charge >= 0.3 is 5.97 Å². The summed E-state index contributed by atoms with van der Waals surface area (Å²) in [5.74, 6) is -1.34. The molecular formula is C21H15NO4. The van der Waals surface area contributed by atoms with E-state index >= 15 is 0 Å². The van der Waals surface area contributed by atoms with Crippen LogP contribution in [0.4, 0.5) is 5.69 Å². The van der Waals surface area contributed by atoms with E-state index in [0.29, 0.717) is 5.69 Å². The fourth-order valence-corrected chi connectivity index (χ4v) is 3.20. The number of nitrogens with zero attached hydrogens (tertiary/aromatic N) is 1. The van der Waals surface area contributed by atoms with Crippen LogP contribution in [0.2, 0.25) is 0 Å². The predicted molar refractivity (Wildman–Crippen MR) is 97.5 cm³/mol. The maximum atomic E-state index is 12.9. The first-order valence-electron chi connectivity index (χ1n) is 8.29. The van der Waals surface area contributed by atoms with Gasteiger partial charge in [0.15, 0.2) is 0 Å². The van der Waals surface area contributed by atoms with Crippen molar-refractivity contribution in [3.05, 3.63) is 77.4 Å². The Hall–Kier alpha value is -3.47. The number of anilines is 1. The van der Waals surface area contributed by atoms with E-state index < -0.39 is 17.8 Å². The lowest BCUT2D eigenvalue weighted by atomic mass is 10.1. The van der Waals surface area contributed by atoms with Crippen molar-refractivity contribution in [3.63, 3.8) is 0 Å². The molecule has 5 heteroatoms. The molecule has 0 saturated carbocycles. The summed E-state index contributed by atoms with van der Waals surface area (Å²) in [6.45, 7) is 1.95. The molecule has 0 saturated heterocycles. The number of carbonyl (C=O) groups excluding carboxylic acids is 3. The molecule has 0 spiro atoms. The highest BCUT2D eigenvalue weighted by atomic mass is 16.5. The van der Waals surface area contributed by atoms with Crippen LogP contribution in [0.1, 0.15) is 38.0 Å². The molecule has 0 radical (unpaired) electrons. The molecule has 128 valence electrons. The maximum Gasteiger partial charge on any atom is 0.338 e. The molecule has 0 unspecified atom stereocenters. The molecule has 1 aliphatic heterocycles. The van der Waals surface area contributed by atoms with Crippen LogP contribution < -0.4 is 4.90 Å². The van der Waals surface area contributed by atoms with Gasteiger partial charge < -0.3 is 4.74 Å². The Bertz CT molecular complexity index is 1070. The van der Waals surface area contributed by atoms with Gasteiger partial charge in [-0.25, -0.2) is 9.69 Å². The van der Waals surface area contributed by atoms with E-state index in [1.807, 2.05) is 36.4 Å². The minimum Gasteiger partial charge on any atom is -0.462 e. The van der Waals surface area contributed by atoms with E-state index in [0.717, 1.165) is 10.8 Å². The Morgan fingerprint density at radius 2 is 1.65 bits per heavy atom. The number of esters is 1. The fraction of sp³-hybridized carbons (Fsp3) is 0.0952. The zero-order valence-electron chi connectivity index (χ0n) is 14.1. The third-order valence-electron chi connectivity index (χ3n) is 4.41. The van der Waals surface area contributed by atoms with E-state index in [9.17, 15) is 14.4 Å². The summed E-state index contributed by atoms with van der Waals surface area (Å²) in [4.78, 5) is 38.9. The lowest BCUT2D eigenvalue weighted by Crippen LogP contribution is -2.29. The van der Waals surface area contributed by atoms with Crippen LogP contribution in [0.3, 0.4) is 0 Å². The molecular weight excluding hydrogens is 330 g/mol. The van der Waals surface area contributed by atoms with E-state index in [1.165, 1.54) is 23.1 Å². The molecule has 3 aromatic carbocycles. The standard InChI is InChI=1S/C21H15NO4/c1-2-26-21(25)14-10-11-16-17(12-14)20(24)22(19(16)23)18-9-5-7-13-6-3-4-8-15(13)18/h3-12H,2H2,1H3. The molecule has 4 rings (SSSR count). The van der Waals surface area contributed by atoms with E-state index in [4.69, 9.17) is 4.74 Å². The Morgan fingerprint density at radius 1 is 0.923 bits per heavy atom. The van der Waals surface area contributed by atoms with Crippen molar-refractivity contribution in [2.75, 3.05) is 11.5 Å². The van der Waals surface area contributed by atoms with Crippen LogP contribution in [0.15, 0.2) is 60.7 Å². The second-order valence-electron chi connectivity index (χ2n) is 5.92. The van der Waals surface area contributed by atoms with Gasteiger partial charge in [-0.15, -0.1) is 0 Å². The topological polar surface area (TPSA) is 63.7 Å². The van der Waals surface area contributed by atoms with Crippen LogP contribution in [0.25, 0.3) is 10.8 Å². The fourth-order valence-electron chi connectivity index (χ4n) is 3.20. The van der Waals surface area contributed by atoms with E-state index in [-0.39, 0.29) is 23.3 Å². The maximum absolute atomic E-state index is 12.9. The summed E-state index contributed by atoms with van der Waals surface area (Å²) >= 11 is 0. The van der Waals surface area contributed by atoms with Crippen molar-refractivity contribution in [1.82, 2.24) is 0 Å². The summed E-state index contributed by atoms with van der Waals surface area (Å²) in [7, 11) is 0. The third-order valence-corrected chi connectivity index (χ3v) is 4.41. The largest absolute Gasteiger partial charge is 0.462 e. The van der Waals surface area contributed by atoms with Crippen molar-refractivity contribution in [3.8, 4) is 0 Å². The minimum atomic E-state index is -0.515. The van der Waals surface area contributed by atoms with Crippen molar-refractivity contribution in [2.24, 2.45) is 0 Å². The van der Waals surface area contributed by atoms with Gasteiger partial charge in [0.05, 0.1) is 29.0 Å². The van der Waals surface area contributed by atoms with E-state index in [2.05, 4.69) is 0 Å². The summed E-state index contributed by atoms with van der Waals surface area (Å²) in [5, 5.41) is 1.75. The normalized spacial score (nSPS) is 13.2. The Morgan fingerprint density at radius 3 is 2.46 bits per heavy atom. The minimum absolute atomic E-state index is 0.216. The van der Waals surface area contributed by atoms with Gasteiger partial charge in [-0.3, -0.25) is 9.59 Å². The highest BCUT2D eigenvalue weighted by Crippen LogP contribution is 2.33. The first-order valence-corrected chi connectivity index (χ1v) is 8.29. The summed E-state index contributed by atoms with van der Waals surface area (Å²) in [5.41, 5.74) is 1.29. The van der Waals surface area contributed by atoms with Crippen LogP contribution >= 0.6 is 0 Å². The first-order chi connectivity index (χ1) is 12.6. The quantitative estimate of drug-likeness (QED) is 0.535. The smallest absolute Gasteiger partial charge is 0.338 e. The van der Waals surface area contributed by atoms with Crippen molar-refractivity contribution in [2.45, 2.75) is 6.92 Å². The van der Waals surface area contributed by atoms with Crippen molar-refractivity contribution < 1.29 is 19.1 Å². The van der Waals surface area contributed by atoms with Crippen LogP contribution in [0.5, 0.6) is 0 Å². The number of carbonyl (C=O) groups is 3. The first kappa shape index (κ1) is 16.0. The van der Waals surface area contributed by atoms with Gasteiger partial charge in [-0.2, -0.15) is 0 Å². The Balaban J connectivity index is 1.81. The number of hydrogen-bond donors (Lipinski definition) is 0. The summed E-state index contributed by atoms with van der Waals surface area (Å²) in [6.07, 6.45) is 0. The van der Waals surface area contributed by atoms with Gasteiger partial charge in [0.2, 0.25) is 0 Å². The number of hydrogen-bond acceptors (Lipinski definition) is 4. The number of benzene rings is 3. The molecule has 0 aromatic heterocycles. The monoisotopic (exact) mass is 345 g/mol. The average Bonchev–Trinajstić information content (AvgIpc) is 2.91. The van der Waals surface area contributed by atoms with Gasteiger partial charge in [0.1, 0.15) is 0 Å². The molecule has 3 aromatic rings. The van der Waals surface area contributed by atoms with Crippen LogP contribution in [-0.2, 0) is 4.74 Å². The second-order valence-corrected chi connectivity index (χ2v) is 5.92. The molecule has 1 heterocycles. The van der Waals surface area contributed by atoms with Crippen LogP contribution in [0, 0.1) is 0 Å². The average molecular weight is 345 g/mol. The third kappa shape index (κ3) is 2.37. The molecule has 5 nitrogen and oxygen atoms in total. The number of fused-ring (bicyclic) bond motifs is 2. The molecule has 0 aliphatic carbocycles. The number of rotatable bonds is 3. The lowest BCUT2D eigenvalue weighted by Gasteiger charge is -2.16. The van der Waals surface area contributed by atoms with Gasteiger partial charge in [-0.1, -0.05) is 36.4 Å². The highest BCUT2D eigenvalue weighted by Gasteiger charge is 2.37. The molecule has 0 fully saturated rings. The molecule has 26 heavy (non-hydrogen) atoms. The van der Waals surface area contributed by atoms with Crippen molar-refractivity contribution >= 4 is 34.2 Å².